The Bertz CT molecular complexity index is 358. The molecule has 0 aromatic heterocycles. The smallest absolute Gasteiger partial charge is 0.152 e. The summed E-state index contributed by atoms with van der Waals surface area (Å²) in [6.07, 6.45) is 5.17. The second kappa shape index (κ2) is 5.47. The molecule has 1 aliphatic carbocycles. The minimum absolute atomic E-state index is 0.251. The van der Waals surface area contributed by atoms with Crippen molar-refractivity contribution >= 4 is 9.84 Å². The van der Waals surface area contributed by atoms with Gasteiger partial charge in [0.25, 0.3) is 0 Å². The van der Waals surface area contributed by atoms with Crippen LogP contribution in [-0.4, -0.2) is 55.2 Å². The van der Waals surface area contributed by atoms with E-state index in [1.807, 2.05) is 0 Å². The number of hydrogen-bond donors (Lipinski definition) is 1. The lowest BCUT2D eigenvalue weighted by Gasteiger charge is -2.40. The highest BCUT2D eigenvalue weighted by Gasteiger charge is 2.35. The molecule has 106 valence electrons. The van der Waals surface area contributed by atoms with Gasteiger partial charge in [-0.15, -0.1) is 0 Å². The summed E-state index contributed by atoms with van der Waals surface area (Å²) in [5.41, 5.74) is -0.577. The second-order valence-electron chi connectivity index (χ2n) is 6.00. The van der Waals surface area contributed by atoms with Gasteiger partial charge in [0.05, 0.1) is 17.1 Å². The van der Waals surface area contributed by atoms with E-state index in [0.717, 1.165) is 31.6 Å². The van der Waals surface area contributed by atoms with E-state index in [1.54, 1.807) is 0 Å². The molecular weight excluding hydrogens is 250 g/mol. The molecule has 5 heteroatoms. The summed E-state index contributed by atoms with van der Waals surface area (Å²) in [5, 5.41) is 10.6. The zero-order valence-corrected chi connectivity index (χ0v) is 12.1. The summed E-state index contributed by atoms with van der Waals surface area (Å²) in [6, 6.07) is 0. The van der Waals surface area contributed by atoms with Gasteiger partial charge >= 0.3 is 0 Å². The molecule has 0 aromatic carbocycles. The maximum absolute atomic E-state index is 11.4. The zero-order valence-electron chi connectivity index (χ0n) is 11.3. The van der Waals surface area contributed by atoms with E-state index in [-0.39, 0.29) is 11.5 Å². The van der Waals surface area contributed by atoms with Crippen LogP contribution in [0, 0.1) is 5.92 Å². The van der Waals surface area contributed by atoms with E-state index in [4.69, 9.17) is 0 Å². The first-order valence-corrected chi connectivity index (χ1v) is 8.90. The van der Waals surface area contributed by atoms with Crippen molar-refractivity contribution in [2.75, 3.05) is 31.1 Å². The Hall–Kier alpha value is -0.130. The molecule has 1 N–H and O–H groups in total. The molecular formula is C13H25NO3S. The molecule has 1 saturated carbocycles. The third-order valence-electron chi connectivity index (χ3n) is 4.57. The van der Waals surface area contributed by atoms with Crippen molar-refractivity contribution in [1.29, 1.82) is 0 Å². The third-order valence-corrected chi connectivity index (χ3v) is 6.18. The molecule has 2 aliphatic rings. The molecule has 2 rings (SSSR count). The predicted octanol–water partition coefficient (Wildman–Crippen LogP) is 1.05. The molecule has 0 bridgehead atoms. The summed E-state index contributed by atoms with van der Waals surface area (Å²) in [7, 11) is -2.81. The van der Waals surface area contributed by atoms with Gasteiger partial charge in [-0.1, -0.05) is 13.3 Å². The van der Waals surface area contributed by atoms with Crippen LogP contribution in [0.15, 0.2) is 0 Å². The van der Waals surface area contributed by atoms with Crippen LogP contribution in [0.1, 0.15) is 39.0 Å². The first-order valence-electron chi connectivity index (χ1n) is 7.08. The first kappa shape index (κ1) is 14.3. The molecule has 0 unspecified atom stereocenters. The normalized spacial score (nSPS) is 37.6. The van der Waals surface area contributed by atoms with Crippen LogP contribution in [0.2, 0.25) is 0 Å². The topological polar surface area (TPSA) is 57.6 Å². The predicted molar refractivity (Wildman–Crippen MR) is 72.3 cm³/mol. The van der Waals surface area contributed by atoms with Gasteiger partial charge in [-0.25, -0.2) is 8.42 Å². The summed E-state index contributed by atoms with van der Waals surface area (Å²) in [6.45, 7) is 4.03. The van der Waals surface area contributed by atoms with Gasteiger partial charge in [0.1, 0.15) is 0 Å². The molecule has 1 heterocycles. The maximum Gasteiger partial charge on any atom is 0.152 e. The summed E-state index contributed by atoms with van der Waals surface area (Å²) in [5.74, 6) is 1.27. The largest absolute Gasteiger partial charge is 0.389 e. The van der Waals surface area contributed by atoms with E-state index >= 15 is 0 Å². The van der Waals surface area contributed by atoms with Gasteiger partial charge in [-0.05, 0) is 31.6 Å². The Morgan fingerprint density at radius 3 is 2.28 bits per heavy atom. The van der Waals surface area contributed by atoms with Crippen LogP contribution in [0.4, 0.5) is 0 Å². The van der Waals surface area contributed by atoms with Crippen LogP contribution in [0.5, 0.6) is 0 Å². The van der Waals surface area contributed by atoms with Crippen molar-refractivity contribution in [2.45, 2.75) is 44.6 Å². The van der Waals surface area contributed by atoms with Crippen molar-refractivity contribution < 1.29 is 13.5 Å². The fraction of sp³-hybridized carbons (Fsp3) is 1.00. The highest BCUT2D eigenvalue weighted by atomic mass is 32.2. The molecule has 0 radical (unpaired) electrons. The number of sulfone groups is 1. The third kappa shape index (κ3) is 3.68. The Labute approximate surface area is 110 Å². The number of aliphatic hydroxyl groups is 1. The monoisotopic (exact) mass is 275 g/mol. The van der Waals surface area contributed by atoms with Gasteiger partial charge in [-0.2, -0.15) is 0 Å². The summed E-state index contributed by atoms with van der Waals surface area (Å²) < 4.78 is 22.7. The molecule has 0 amide bonds. The van der Waals surface area contributed by atoms with Gasteiger partial charge < -0.3 is 5.11 Å². The number of hydrogen-bond acceptors (Lipinski definition) is 4. The van der Waals surface area contributed by atoms with Crippen LogP contribution >= 0.6 is 0 Å². The maximum atomic E-state index is 11.4. The van der Waals surface area contributed by atoms with Gasteiger partial charge in [0.15, 0.2) is 9.84 Å². The molecule has 2 fully saturated rings. The van der Waals surface area contributed by atoms with E-state index in [0.29, 0.717) is 19.6 Å². The molecule has 0 atom stereocenters. The van der Waals surface area contributed by atoms with Crippen molar-refractivity contribution in [2.24, 2.45) is 5.92 Å². The van der Waals surface area contributed by atoms with Crippen LogP contribution in [-0.2, 0) is 9.84 Å². The Morgan fingerprint density at radius 1 is 1.22 bits per heavy atom. The standard InChI is InChI=1S/C13H25NO3S/c1-2-12-3-5-13(15,6-4-12)11-14-7-9-18(16,17)10-8-14/h12,15H,2-11H2,1H3. The van der Waals surface area contributed by atoms with E-state index in [9.17, 15) is 13.5 Å². The lowest BCUT2D eigenvalue weighted by Crippen LogP contribution is -2.50. The van der Waals surface area contributed by atoms with E-state index < -0.39 is 15.4 Å². The minimum atomic E-state index is -2.81. The zero-order chi connectivity index (χ0) is 13.2. The SMILES string of the molecule is CCC1CCC(O)(CN2CCS(=O)(=O)CC2)CC1. The number of β-amino-alcohol motifs (C(OH)–C–C–N with tert-alkyl or cyclic N) is 1. The van der Waals surface area contributed by atoms with E-state index in [2.05, 4.69) is 11.8 Å². The lowest BCUT2D eigenvalue weighted by atomic mass is 9.77. The lowest BCUT2D eigenvalue weighted by molar-refractivity contribution is -0.0354. The average Bonchev–Trinajstić information content (AvgIpc) is 2.33. The number of rotatable bonds is 3. The quantitative estimate of drug-likeness (QED) is 0.836. The fourth-order valence-electron chi connectivity index (χ4n) is 3.11. The molecule has 4 nitrogen and oxygen atoms in total. The molecule has 1 saturated heterocycles. The highest BCUT2D eigenvalue weighted by molar-refractivity contribution is 7.91. The van der Waals surface area contributed by atoms with Gasteiger partial charge in [0, 0.05) is 19.6 Å². The van der Waals surface area contributed by atoms with Crippen molar-refractivity contribution in [1.82, 2.24) is 4.90 Å². The Kier molecular flexibility index (Phi) is 4.34. The number of nitrogens with zero attached hydrogens (tertiary/aromatic N) is 1. The van der Waals surface area contributed by atoms with E-state index in [1.165, 1.54) is 6.42 Å². The van der Waals surface area contributed by atoms with Crippen LogP contribution < -0.4 is 0 Å². The van der Waals surface area contributed by atoms with Crippen LogP contribution in [0.3, 0.4) is 0 Å². The van der Waals surface area contributed by atoms with Crippen molar-refractivity contribution in [3.05, 3.63) is 0 Å². The molecule has 0 aromatic rings. The summed E-state index contributed by atoms with van der Waals surface area (Å²) >= 11 is 0. The van der Waals surface area contributed by atoms with Gasteiger partial charge in [-0.3, -0.25) is 4.90 Å². The highest BCUT2D eigenvalue weighted by Crippen LogP contribution is 2.34. The summed E-state index contributed by atoms with van der Waals surface area (Å²) in [4.78, 5) is 2.12. The minimum Gasteiger partial charge on any atom is -0.389 e. The average molecular weight is 275 g/mol. The van der Waals surface area contributed by atoms with Crippen molar-refractivity contribution in [3.8, 4) is 0 Å². The molecule has 0 spiro atoms. The second-order valence-corrected chi connectivity index (χ2v) is 8.31. The van der Waals surface area contributed by atoms with Crippen molar-refractivity contribution in [3.63, 3.8) is 0 Å². The molecule has 18 heavy (non-hydrogen) atoms. The Morgan fingerprint density at radius 2 is 1.78 bits per heavy atom. The fourth-order valence-corrected chi connectivity index (χ4v) is 4.38. The van der Waals surface area contributed by atoms with Gasteiger partial charge in [0.2, 0.25) is 0 Å². The molecule has 1 aliphatic heterocycles. The Balaban J connectivity index is 1.83. The van der Waals surface area contributed by atoms with Crippen LogP contribution in [0.25, 0.3) is 0 Å². The first-order chi connectivity index (χ1) is 8.42.